The van der Waals surface area contributed by atoms with Gasteiger partial charge in [0.05, 0.1) is 5.02 Å². The van der Waals surface area contributed by atoms with Gasteiger partial charge in [-0.05, 0) is 31.0 Å². The quantitative estimate of drug-likeness (QED) is 0.391. The van der Waals surface area contributed by atoms with Gasteiger partial charge in [0.15, 0.2) is 0 Å². The van der Waals surface area contributed by atoms with E-state index in [2.05, 4.69) is 5.32 Å². The number of carbonyl (C=O) groups is 2. The van der Waals surface area contributed by atoms with Crippen molar-refractivity contribution >= 4 is 29.1 Å². The van der Waals surface area contributed by atoms with E-state index in [1.165, 1.54) is 18.2 Å². The number of anilines is 1. The molecule has 0 bridgehead atoms. The van der Waals surface area contributed by atoms with Gasteiger partial charge in [-0.3, -0.25) is 14.8 Å². The summed E-state index contributed by atoms with van der Waals surface area (Å²) in [5, 5.41) is 10.9. The van der Waals surface area contributed by atoms with Crippen LogP contribution >= 0.6 is 11.6 Å². The Bertz CT molecular complexity index is 497. The van der Waals surface area contributed by atoms with Crippen molar-refractivity contribution < 1.29 is 19.2 Å². The first-order valence-corrected chi connectivity index (χ1v) is 7.08. The molecule has 0 atom stereocenters. The van der Waals surface area contributed by atoms with E-state index in [4.69, 9.17) is 16.8 Å². The molecule has 116 valence electrons. The second-order valence-electron chi connectivity index (χ2n) is 4.63. The molecule has 0 aliphatic carbocycles. The maximum atomic E-state index is 13.0. The number of unbranched alkanes of at least 4 members (excludes halogenated alkanes) is 3. The minimum absolute atomic E-state index is 0.0324. The molecule has 0 saturated heterocycles. The molecule has 0 unspecified atom stereocenters. The highest BCUT2D eigenvalue weighted by atomic mass is 35.5. The molecule has 0 radical (unpaired) electrons. The van der Waals surface area contributed by atoms with E-state index in [9.17, 15) is 14.0 Å². The summed E-state index contributed by atoms with van der Waals surface area (Å²) >= 11 is 5.62. The highest BCUT2D eigenvalue weighted by molar-refractivity contribution is 6.31. The van der Waals surface area contributed by atoms with Crippen LogP contribution in [0.4, 0.5) is 10.1 Å². The van der Waals surface area contributed by atoms with Gasteiger partial charge < -0.3 is 5.32 Å². The molecule has 0 aromatic heterocycles. The molecule has 0 saturated carbocycles. The molecule has 0 heterocycles. The van der Waals surface area contributed by atoms with Gasteiger partial charge in [-0.15, -0.1) is 0 Å². The summed E-state index contributed by atoms with van der Waals surface area (Å²) in [5.74, 6) is -1.09. The molecular weight excluding hydrogens is 299 g/mol. The van der Waals surface area contributed by atoms with E-state index in [0.29, 0.717) is 24.9 Å². The number of nitrogens with one attached hydrogen (secondary N) is 2. The van der Waals surface area contributed by atoms with Crippen LogP contribution in [0.3, 0.4) is 0 Å². The monoisotopic (exact) mass is 316 g/mol. The fourth-order valence-electron chi connectivity index (χ4n) is 1.78. The van der Waals surface area contributed by atoms with Crippen LogP contribution in [0.5, 0.6) is 0 Å². The van der Waals surface area contributed by atoms with Crippen molar-refractivity contribution in [1.82, 2.24) is 5.48 Å². The summed E-state index contributed by atoms with van der Waals surface area (Å²) in [4.78, 5) is 22.4. The lowest BCUT2D eigenvalue weighted by molar-refractivity contribution is -0.129. The van der Waals surface area contributed by atoms with Crippen molar-refractivity contribution in [3.05, 3.63) is 29.0 Å². The topological polar surface area (TPSA) is 78.4 Å². The Kier molecular flexibility index (Phi) is 7.71. The third-order valence-corrected chi connectivity index (χ3v) is 3.18. The van der Waals surface area contributed by atoms with Gasteiger partial charge in [-0.25, -0.2) is 9.87 Å². The lowest BCUT2D eigenvalue weighted by Gasteiger charge is -2.06. The number of carbonyl (C=O) groups excluding carboxylic acids is 2. The summed E-state index contributed by atoms with van der Waals surface area (Å²) in [6.45, 7) is 0. The molecule has 0 aliphatic rings. The predicted octanol–water partition coefficient (Wildman–Crippen LogP) is 3.26. The van der Waals surface area contributed by atoms with Crippen LogP contribution in [0.2, 0.25) is 5.02 Å². The maximum Gasteiger partial charge on any atom is 0.243 e. The van der Waals surface area contributed by atoms with Gasteiger partial charge in [0.2, 0.25) is 11.8 Å². The molecule has 1 rings (SSSR count). The number of halogens is 2. The van der Waals surface area contributed by atoms with Gasteiger partial charge in [0.25, 0.3) is 0 Å². The fraction of sp³-hybridized carbons (Fsp3) is 0.429. The Balaban J connectivity index is 2.16. The lowest BCUT2D eigenvalue weighted by atomic mass is 10.1. The third-order valence-electron chi connectivity index (χ3n) is 2.89. The number of hydrogen-bond donors (Lipinski definition) is 3. The summed E-state index contributed by atoms with van der Waals surface area (Å²) in [7, 11) is 0. The molecule has 0 fully saturated rings. The van der Waals surface area contributed by atoms with Gasteiger partial charge >= 0.3 is 0 Å². The van der Waals surface area contributed by atoms with Crippen molar-refractivity contribution in [1.29, 1.82) is 0 Å². The van der Waals surface area contributed by atoms with Crippen LogP contribution in [-0.2, 0) is 9.59 Å². The van der Waals surface area contributed by atoms with Crippen LogP contribution < -0.4 is 10.8 Å². The van der Waals surface area contributed by atoms with E-state index in [1.54, 1.807) is 5.48 Å². The Morgan fingerprint density at radius 1 is 1.10 bits per heavy atom. The Morgan fingerprint density at radius 3 is 2.29 bits per heavy atom. The van der Waals surface area contributed by atoms with Crippen LogP contribution in [0.15, 0.2) is 18.2 Å². The highest BCUT2D eigenvalue weighted by Gasteiger charge is 2.05. The van der Waals surface area contributed by atoms with Gasteiger partial charge in [-0.2, -0.15) is 0 Å². The SMILES string of the molecule is O=C(CCCCCCC(=O)Nc1ccc(F)c(Cl)c1)NO. The molecular formula is C14H18ClFN2O3. The molecule has 5 nitrogen and oxygen atoms in total. The molecule has 2 amide bonds. The zero-order valence-electron chi connectivity index (χ0n) is 11.5. The van der Waals surface area contributed by atoms with E-state index in [1.807, 2.05) is 0 Å². The Labute approximate surface area is 127 Å². The summed E-state index contributed by atoms with van der Waals surface area (Å²) in [6.07, 6.45) is 3.61. The van der Waals surface area contributed by atoms with E-state index in [-0.39, 0.29) is 17.4 Å². The molecule has 3 N–H and O–H groups in total. The summed E-state index contributed by atoms with van der Waals surface area (Å²) in [6, 6.07) is 4.01. The van der Waals surface area contributed by atoms with Crippen molar-refractivity contribution in [2.24, 2.45) is 0 Å². The van der Waals surface area contributed by atoms with Crippen LogP contribution in [0.1, 0.15) is 38.5 Å². The number of hydrogen-bond acceptors (Lipinski definition) is 3. The summed E-state index contributed by atoms with van der Waals surface area (Å²) in [5.41, 5.74) is 2.03. The van der Waals surface area contributed by atoms with Gasteiger partial charge in [-0.1, -0.05) is 24.4 Å². The van der Waals surface area contributed by atoms with Crippen molar-refractivity contribution in [2.75, 3.05) is 5.32 Å². The second-order valence-corrected chi connectivity index (χ2v) is 5.03. The highest BCUT2D eigenvalue weighted by Crippen LogP contribution is 2.19. The smallest absolute Gasteiger partial charge is 0.243 e. The van der Waals surface area contributed by atoms with E-state index in [0.717, 1.165) is 12.8 Å². The molecule has 21 heavy (non-hydrogen) atoms. The maximum absolute atomic E-state index is 13.0. The third kappa shape index (κ3) is 7.06. The molecule has 1 aromatic carbocycles. The Morgan fingerprint density at radius 2 is 1.71 bits per heavy atom. The van der Waals surface area contributed by atoms with E-state index >= 15 is 0 Å². The molecule has 1 aromatic rings. The summed E-state index contributed by atoms with van der Waals surface area (Å²) < 4.78 is 13.0. The van der Waals surface area contributed by atoms with Gasteiger partial charge in [0.1, 0.15) is 5.82 Å². The van der Waals surface area contributed by atoms with Crippen molar-refractivity contribution in [2.45, 2.75) is 38.5 Å². The van der Waals surface area contributed by atoms with Crippen LogP contribution in [-0.4, -0.2) is 17.0 Å². The zero-order valence-corrected chi connectivity index (χ0v) is 12.3. The average molecular weight is 317 g/mol. The molecule has 7 heteroatoms. The van der Waals surface area contributed by atoms with Crippen LogP contribution in [0, 0.1) is 5.82 Å². The van der Waals surface area contributed by atoms with Crippen molar-refractivity contribution in [3.63, 3.8) is 0 Å². The second kappa shape index (κ2) is 9.31. The first-order valence-electron chi connectivity index (χ1n) is 6.70. The standard InChI is InChI=1S/C14H18ClFN2O3/c15-11-9-10(7-8-12(11)16)17-13(19)5-3-1-2-4-6-14(20)18-21/h7-9,21H,1-6H2,(H,17,19)(H,18,20). The molecule has 0 aliphatic heterocycles. The van der Waals surface area contributed by atoms with Crippen molar-refractivity contribution in [3.8, 4) is 0 Å². The number of benzene rings is 1. The van der Waals surface area contributed by atoms with E-state index < -0.39 is 11.7 Å². The van der Waals surface area contributed by atoms with Crippen LogP contribution in [0.25, 0.3) is 0 Å². The Hall–Kier alpha value is -1.66. The normalized spacial score (nSPS) is 10.2. The first-order chi connectivity index (χ1) is 10.0. The fourth-order valence-corrected chi connectivity index (χ4v) is 1.96. The molecule has 0 spiro atoms. The predicted molar refractivity (Wildman–Crippen MR) is 77.7 cm³/mol. The lowest BCUT2D eigenvalue weighted by Crippen LogP contribution is -2.17. The number of amides is 2. The zero-order chi connectivity index (χ0) is 15.7. The first kappa shape index (κ1) is 17.4. The number of hydroxylamine groups is 1. The minimum atomic E-state index is -0.526. The number of rotatable bonds is 8. The minimum Gasteiger partial charge on any atom is -0.326 e. The largest absolute Gasteiger partial charge is 0.326 e. The average Bonchev–Trinajstić information content (AvgIpc) is 2.46. The van der Waals surface area contributed by atoms with Gasteiger partial charge in [0, 0.05) is 18.5 Å².